The largest absolute Gasteiger partial charge is 0.336 e. The van der Waals surface area contributed by atoms with E-state index in [1.165, 1.54) is 5.56 Å². The van der Waals surface area contributed by atoms with Crippen LogP contribution in [0.4, 0.5) is 0 Å². The molecule has 2 rings (SSSR count). The topological polar surface area (TPSA) is 49.6 Å². The van der Waals surface area contributed by atoms with Crippen LogP contribution >= 0.6 is 0 Å². The van der Waals surface area contributed by atoms with Gasteiger partial charge >= 0.3 is 0 Å². The highest BCUT2D eigenvalue weighted by atomic mass is 16.2. The van der Waals surface area contributed by atoms with Gasteiger partial charge in [0.2, 0.25) is 5.91 Å². The van der Waals surface area contributed by atoms with Crippen molar-refractivity contribution in [2.75, 3.05) is 19.6 Å². The van der Waals surface area contributed by atoms with Crippen molar-refractivity contribution in [3.63, 3.8) is 0 Å². The maximum Gasteiger partial charge on any atom is 0.236 e. The molecule has 126 valence electrons. The maximum atomic E-state index is 11.8. The van der Waals surface area contributed by atoms with Crippen LogP contribution in [0, 0.1) is 0 Å². The average Bonchev–Trinajstić information content (AvgIpc) is 2.53. The standard InChI is InChI=1S/C15H23N3O.C2H6.CH4/c1-12-10-18(15(19)8-16)13(2)9-17(12)11-14-6-4-3-5-7-14;1-2;/h3-7,12-13H,8-11,16H2,1-2H3;1-2H3;1H4. The molecule has 1 fully saturated rings. The van der Waals surface area contributed by atoms with E-state index in [2.05, 4.69) is 43.0 Å². The summed E-state index contributed by atoms with van der Waals surface area (Å²) < 4.78 is 0. The summed E-state index contributed by atoms with van der Waals surface area (Å²) in [5.41, 5.74) is 6.78. The molecule has 1 aromatic rings. The number of carbonyl (C=O) groups is 1. The van der Waals surface area contributed by atoms with Crippen molar-refractivity contribution >= 4 is 5.91 Å². The minimum Gasteiger partial charge on any atom is -0.336 e. The van der Waals surface area contributed by atoms with Crippen LogP contribution in [0.5, 0.6) is 0 Å². The molecule has 4 heteroatoms. The Morgan fingerprint density at radius 3 is 2.27 bits per heavy atom. The third kappa shape index (κ3) is 5.43. The fraction of sp³-hybridized carbons (Fsp3) is 0.611. The SMILES string of the molecule is C.CC.CC1CN(C(=O)CN)C(C)CN1Cc1ccccc1. The van der Waals surface area contributed by atoms with Gasteiger partial charge in [-0.3, -0.25) is 9.69 Å². The van der Waals surface area contributed by atoms with Crippen molar-refractivity contribution in [1.29, 1.82) is 0 Å². The Bertz CT molecular complexity index is 422. The lowest BCUT2D eigenvalue weighted by molar-refractivity contribution is -0.135. The number of nitrogens with two attached hydrogens (primary N) is 1. The van der Waals surface area contributed by atoms with Gasteiger partial charge in [0.15, 0.2) is 0 Å². The summed E-state index contributed by atoms with van der Waals surface area (Å²) >= 11 is 0. The molecule has 0 radical (unpaired) electrons. The molecule has 1 heterocycles. The summed E-state index contributed by atoms with van der Waals surface area (Å²) in [6.07, 6.45) is 0. The van der Waals surface area contributed by atoms with E-state index < -0.39 is 0 Å². The lowest BCUT2D eigenvalue weighted by atomic mass is 10.1. The van der Waals surface area contributed by atoms with E-state index in [-0.39, 0.29) is 25.9 Å². The van der Waals surface area contributed by atoms with Gasteiger partial charge in [0.1, 0.15) is 0 Å². The monoisotopic (exact) mass is 307 g/mol. The van der Waals surface area contributed by atoms with Crippen molar-refractivity contribution in [1.82, 2.24) is 9.80 Å². The highest BCUT2D eigenvalue weighted by molar-refractivity contribution is 5.78. The zero-order chi connectivity index (χ0) is 15.8. The minimum atomic E-state index is 0. The number of rotatable bonds is 3. The van der Waals surface area contributed by atoms with Crippen LogP contribution < -0.4 is 5.73 Å². The Morgan fingerprint density at radius 1 is 1.14 bits per heavy atom. The van der Waals surface area contributed by atoms with Crippen molar-refractivity contribution < 1.29 is 4.79 Å². The summed E-state index contributed by atoms with van der Waals surface area (Å²) in [7, 11) is 0. The lowest BCUT2D eigenvalue weighted by Gasteiger charge is -2.44. The number of nitrogens with zero attached hydrogens (tertiary/aromatic N) is 2. The number of amides is 1. The van der Waals surface area contributed by atoms with E-state index >= 15 is 0 Å². The van der Waals surface area contributed by atoms with Gasteiger partial charge in [0.05, 0.1) is 6.54 Å². The number of hydrogen-bond donors (Lipinski definition) is 1. The number of hydrogen-bond acceptors (Lipinski definition) is 3. The molecule has 2 unspecified atom stereocenters. The van der Waals surface area contributed by atoms with Crippen LogP contribution in [0.2, 0.25) is 0 Å². The van der Waals surface area contributed by atoms with E-state index in [1.54, 1.807) is 0 Å². The summed E-state index contributed by atoms with van der Waals surface area (Å²) in [6.45, 7) is 11.0. The summed E-state index contributed by atoms with van der Waals surface area (Å²) in [5.74, 6) is 0.0544. The molecule has 1 aromatic carbocycles. The second kappa shape index (κ2) is 10.4. The van der Waals surface area contributed by atoms with Gasteiger partial charge in [0.25, 0.3) is 0 Å². The van der Waals surface area contributed by atoms with Crippen LogP contribution in [-0.4, -0.2) is 47.4 Å². The molecule has 0 saturated carbocycles. The molecule has 0 aliphatic carbocycles. The third-order valence-electron chi connectivity index (χ3n) is 3.84. The second-order valence-electron chi connectivity index (χ2n) is 5.36. The van der Waals surface area contributed by atoms with Crippen LogP contribution in [-0.2, 0) is 11.3 Å². The molecule has 0 spiro atoms. The van der Waals surface area contributed by atoms with Crippen LogP contribution in [0.15, 0.2) is 30.3 Å². The van der Waals surface area contributed by atoms with Gasteiger partial charge in [-0.2, -0.15) is 0 Å². The van der Waals surface area contributed by atoms with Crippen LogP contribution in [0.25, 0.3) is 0 Å². The van der Waals surface area contributed by atoms with Gasteiger partial charge in [-0.15, -0.1) is 0 Å². The van der Waals surface area contributed by atoms with Gasteiger partial charge < -0.3 is 10.6 Å². The van der Waals surface area contributed by atoms with Crippen molar-refractivity contribution in [2.45, 2.75) is 53.8 Å². The highest BCUT2D eigenvalue weighted by Crippen LogP contribution is 2.18. The summed E-state index contributed by atoms with van der Waals surface area (Å²) in [6, 6.07) is 11.1. The molecule has 4 nitrogen and oxygen atoms in total. The number of piperazine rings is 1. The Hall–Kier alpha value is -1.39. The average molecular weight is 307 g/mol. The molecule has 0 aromatic heterocycles. The van der Waals surface area contributed by atoms with Gasteiger partial charge in [-0.05, 0) is 19.4 Å². The fourth-order valence-electron chi connectivity index (χ4n) is 2.70. The predicted molar refractivity (Wildman–Crippen MR) is 94.6 cm³/mol. The highest BCUT2D eigenvalue weighted by Gasteiger charge is 2.31. The lowest BCUT2D eigenvalue weighted by Crippen LogP contribution is -2.58. The van der Waals surface area contributed by atoms with Crippen LogP contribution in [0.3, 0.4) is 0 Å². The molecule has 1 amide bonds. The zero-order valence-corrected chi connectivity index (χ0v) is 13.7. The van der Waals surface area contributed by atoms with E-state index in [0.29, 0.717) is 6.04 Å². The van der Waals surface area contributed by atoms with Crippen molar-refractivity contribution in [3.05, 3.63) is 35.9 Å². The van der Waals surface area contributed by atoms with E-state index in [1.807, 2.05) is 24.8 Å². The fourth-order valence-corrected chi connectivity index (χ4v) is 2.70. The maximum absolute atomic E-state index is 11.8. The first-order valence-corrected chi connectivity index (χ1v) is 7.89. The Labute approximate surface area is 136 Å². The Balaban J connectivity index is 0.00000141. The second-order valence-corrected chi connectivity index (χ2v) is 5.36. The van der Waals surface area contributed by atoms with Crippen LogP contribution in [0.1, 0.15) is 40.7 Å². The zero-order valence-electron chi connectivity index (χ0n) is 13.7. The minimum absolute atomic E-state index is 0. The van der Waals surface area contributed by atoms with Crippen molar-refractivity contribution in [2.24, 2.45) is 5.73 Å². The van der Waals surface area contributed by atoms with E-state index in [9.17, 15) is 4.79 Å². The van der Waals surface area contributed by atoms with Gasteiger partial charge in [0, 0.05) is 31.7 Å². The smallest absolute Gasteiger partial charge is 0.236 e. The third-order valence-corrected chi connectivity index (χ3v) is 3.84. The van der Waals surface area contributed by atoms with Crippen molar-refractivity contribution in [3.8, 4) is 0 Å². The Kier molecular flexibility index (Phi) is 9.70. The summed E-state index contributed by atoms with van der Waals surface area (Å²) in [4.78, 5) is 16.1. The van der Waals surface area contributed by atoms with E-state index in [4.69, 9.17) is 5.73 Å². The van der Waals surface area contributed by atoms with E-state index in [0.717, 1.165) is 19.6 Å². The number of benzene rings is 1. The molecule has 0 bridgehead atoms. The predicted octanol–water partition coefficient (Wildman–Crippen LogP) is 2.73. The first kappa shape index (κ1) is 20.6. The molecule has 2 N–H and O–H groups in total. The first-order valence-electron chi connectivity index (χ1n) is 7.89. The Morgan fingerprint density at radius 2 is 1.73 bits per heavy atom. The molecule has 1 aliphatic rings. The molecule has 22 heavy (non-hydrogen) atoms. The molecule has 1 aliphatic heterocycles. The number of carbonyl (C=O) groups excluding carboxylic acids is 1. The molecule has 2 atom stereocenters. The molecular weight excluding hydrogens is 274 g/mol. The summed E-state index contributed by atoms with van der Waals surface area (Å²) in [5, 5.41) is 0. The normalized spacial score (nSPS) is 21.4. The quantitative estimate of drug-likeness (QED) is 0.934. The molecular formula is C18H33N3O. The van der Waals surface area contributed by atoms with Gasteiger partial charge in [-0.25, -0.2) is 0 Å². The van der Waals surface area contributed by atoms with Gasteiger partial charge in [-0.1, -0.05) is 51.6 Å². The first-order chi connectivity index (χ1) is 10.1. The molecule has 1 saturated heterocycles.